The lowest BCUT2D eigenvalue weighted by Gasteiger charge is -2.32. The fraction of sp³-hybridized carbons (Fsp3) is 0.360. The van der Waals surface area contributed by atoms with Gasteiger partial charge in [0, 0.05) is 49.9 Å². The minimum atomic E-state index is -0.139. The van der Waals surface area contributed by atoms with Crippen LogP contribution in [0.5, 0.6) is 0 Å². The molecule has 0 bridgehead atoms. The minimum Gasteiger partial charge on any atom is -0.312 e. The van der Waals surface area contributed by atoms with Gasteiger partial charge in [0.2, 0.25) is 5.91 Å². The number of pyridine rings is 1. The first-order chi connectivity index (χ1) is 15.7. The van der Waals surface area contributed by atoms with E-state index in [9.17, 15) is 9.59 Å². The van der Waals surface area contributed by atoms with Gasteiger partial charge < -0.3 is 9.88 Å². The average Bonchev–Trinajstić information content (AvgIpc) is 3.26. The summed E-state index contributed by atoms with van der Waals surface area (Å²) in [6.07, 6.45) is 5.38. The molecule has 164 valence electrons. The molecule has 0 aliphatic carbocycles. The van der Waals surface area contributed by atoms with Crippen LogP contribution in [0.1, 0.15) is 42.9 Å². The number of nitrogens with zero attached hydrogens (tertiary/aromatic N) is 4. The second kappa shape index (κ2) is 9.04. The Hall–Kier alpha value is -3.32. The number of nitrogens with one attached hydrogen (secondary N) is 1. The van der Waals surface area contributed by atoms with Gasteiger partial charge in [-0.2, -0.15) is 0 Å². The lowest BCUT2D eigenvalue weighted by molar-refractivity contribution is -0.117. The van der Waals surface area contributed by atoms with Crippen molar-refractivity contribution < 1.29 is 4.79 Å². The zero-order valence-corrected chi connectivity index (χ0v) is 18.0. The summed E-state index contributed by atoms with van der Waals surface area (Å²) in [5, 5.41) is 0. The Morgan fingerprint density at radius 1 is 1.03 bits per heavy atom. The standard InChI is InChI=1S/C25H27N5O2/c31-23-15-22(27-25(28-23)21-6-1-2-12-26-21)19-5-3-13-29(17-19)16-18-8-10-20(11-9-18)30-14-4-7-24(30)32/h1-2,6,8-12,15,19H,3-5,7,13-14,16-17H2,(H,27,28,31). The van der Waals surface area contributed by atoms with Gasteiger partial charge in [-0.15, -0.1) is 0 Å². The summed E-state index contributed by atoms with van der Waals surface area (Å²) in [7, 11) is 0. The highest BCUT2D eigenvalue weighted by Gasteiger charge is 2.24. The van der Waals surface area contributed by atoms with Crippen molar-refractivity contribution in [1.29, 1.82) is 0 Å². The zero-order chi connectivity index (χ0) is 21.9. The Morgan fingerprint density at radius 3 is 2.66 bits per heavy atom. The molecule has 0 spiro atoms. The molecule has 7 nitrogen and oxygen atoms in total. The number of likely N-dealkylation sites (tertiary alicyclic amines) is 1. The molecule has 0 radical (unpaired) electrons. The number of piperidine rings is 1. The normalized spacial score (nSPS) is 19.4. The third-order valence-electron chi connectivity index (χ3n) is 6.32. The molecule has 1 atom stereocenters. The number of aromatic amines is 1. The van der Waals surface area contributed by atoms with E-state index in [0.29, 0.717) is 17.9 Å². The second-order valence-corrected chi connectivity index (χ2v) is 8.62. The monoisotopic (exact) mass is 429 g/mol. The van der Waals surface area contributed by atoms with Crippen molar-refractivity contribution in [3.8, 4) is 11.5 Å². The van der Waals surface area contributed by atoms with Gasteiger partial charge in [0.15, 0.2) is 5.82 Å². The molecule has 2 aromatic heterocycles. The Labute approximate surface area is 187 Å². The van der Waals surface area contributed by atoms with E-state index in [4.69, 9.17) is 4.98 Å². The Balaban J connectivity index is 1.28. The number of anilines is 1. The highest BCUT2D eigenvalue weighted by Crippen LogP contribution is 2.28. The van der Waals surface area contributed by atoms with Gasteiger partial charge >= 0.3 is 0 Å². The van der Waals surface area contributed by atoms with Crippen molar-refractivity contribution in [3.05, 3.63) is 76.3 Å². The molecule has 1 unspecified atom stereocenters. The summed E-state index contributed by atoms with van der Waals surface area (Å²) in [6.45, 7) is 3.56. The van der Waals surface area contributed by atoms with Crippen LogP contribution in [0.15, 0.2) is 59.5 Å². The summed E-state index contributed by atoms with van der Waals surface area (Å²) in [5.74, 6) is 0.958. The number of hydrogen-bond acceptors (Lipinski definition) is 5. The Morgan fingerprint density at radius 2 is 1.91 bits per heavy atom. The minimum absolute atomic E-state index is 0.139. The average molecular weight is 430 g/mol. The molecule has 2 aliphatic heterocycles. The number of carbonyl (C=O) groups excluding carboxylic acids is 1. The molecule has 1 aromatic carbocycles. The van der Waals surface area contributed by atoms with Crippen LogP contribution in [0.2, 0.25) is 0 Å². The first-order valence-corrected chi connectivity index (χ1v) is 11.3. The van der Waals surface area contributed by atoms with Crippen LogP contribution in [-0.2, 0) is 11.3 Å². The Kier molecular flexibility index (Phi) is 5.81. The molecule has 2 saturated heterocycles. The van der Waals surface area contributed by atoms with Crippen LogP contribution >= 0.6 is 0 Å². The van der Waals surface area contributed by atoms with E-state index in [-0.39, 0.29) is 17.4 Å². The highest BCUT2D eigenvalue weighted by molar-refractivity contribution is 5.95. The van der Waals surface area contributed by atoms with Crippen molar-refractivity contribution in [2.24, 2.45) is 0 Å². The van der Waals surface area contributed by atoms with Crippen molar-refractivity contribution in [3.63, 3.8) is 0 Å². The lowest BCUT2D eigenvalue weighted by Crippen LogP contribution is -2.34. The molecule has 1 amide bonds. The maximum atomic E-state index is 12.3. The van der Waals surface area contributed by atoms with Gasteiger partial charge in [-0.25, -0.2) is 4.98 Å². The molecule has 3 aromatic rings. The van der Waals surface area contributed by atoms with Crippen molar-refractivity contribution in [2.75, 3.05) is 24.5 Å². The predicted octanol–water partition coefficient (Wildman–Crippen LogP) is 3.34. The molecule has 7 heteroatoms. The first kappa shape index (κ1) is 20.6. The summed E-state index contributed by atoms with van der Waals surface area (Å²) >= 11 is 0. The third kappa shape index (κ3) is 4.48. The van der Waals surface area contributed by atoms with Gasteiger partial charge in [0.25, 0.3) is 5.56 Å². The molecule has 5 rings (SSSR count). The van der Waals surface area contributed by atoms with E-state index in [1.807, 2.05) is 23.1 Å². The molecule has 1 N–H and O–H groups in total. The fourth-order valence-electron chi connectivity index (χ4n) is 4.71. The third-order valence-corrected chi connectivity index (χ3v) is 6.32. The van der Waals surface area contributed by atoms with Crippen molar-refractivity contribution >= 4 is 11.6 Å². The maximum absolute atomic E-state index is 12.3. The quantitative estimate of drug-likeness (QED) is 0.673. The van der Waals surface area contributed by atoms with Crippen LogP contribution in [0.3, 0.4) is 0 Å². The number of amides is 1. The lowest BCUT2D eigenvalue weighted by atomic mass is 9.94. The molecule has 4 heterocycles. The van der Waals surface area contributed by atoms with Crippen LogP contribution in [0.4, 0.5) is 5.69 Å². The number of benzene rings is 1. The summed E-state index contributed by atoms with van der Waals surface area (Å²) < 4.78 is 0. The number of aromatic nitrogens is 3. The maximum Gasteiger partial charge on any atom is 0.251 e. The molecule has 0 saturated carbocycles. The Bertz CT molecular complexity index is 1140. The van der Waals surface area contributed by atoms with E-state index in [0.717, 1.165) is 56.8 Å². The van der Waals surface area contributed by atoms with Crippen LogP contribution < -0.4 is 10.5 Å². The molecule has 2 fully saturated rings. The predicted molar refractivity (Wildman–Crippen MR) is 123 cm³/mol. The van der Waals surface area contributed by atoms with E-state index in [1.54, 1.807) is 12.3 Å². The molecular weight excluding hydrogens is 402 g/mol. The number of H-pyrrole nitrogens is 1. The second-order valence-electron chi connectivity index (χ2n) is 8.62. The molecule has 2 aliphatic rings. The summed E-state index contributed by atoms with van der Waals surface area (Å²) in [4.78, 5) is 40.4. The molecule has 32 heavy (non-hydrogen) atoms. The van der Waals surface area contributed by atoms with Crippen molar-refractivity contribution in [2.45, 2.75) is 38.1 Å². The SMILES string of the molecule is O=C1CCCN1c1ccc(CN2CCCC(c3cc(=O)[nH]c(-c4ccccn4)n3)C2)cc1. The fourth-order valence-corrected chi connectivity index (χ4v) is 4.71. The van der Waals surface area contributed by atoms with E-state index in [2.05, 4.69) is 39.1 Å². The smallest absolute Gasteiger partial charge is 0.251 e. The van der Waals surface area contributed by atoms with E-state index in [1.165, 1.54) is 5.56 Å². The zero-order valence-electron chi connectivity index (χ0n) is 18.0. The first-order valence-electron chi connectivity index (χ1n) is 11.3. The van der Waals surface area contributed by atoms with Gasteiger partial charge in [-0.3, -0.25) is 19.5 Å². The van der Waals surface area contributed by atoms with E-state index >= 15 is 0 Å². The van der Waals surface area contributed by atoms with Gasteiger partial charge in [0.05, 0.1) is 5.69 Å². The van der Waals surface area contributed by atoms with Gasteiger partial charge in [-0.1, -0.05) is 18.2 Å². The number of hydrogen-bond donors (Lipinski definition) is 1. The summed E-state index contributed by atoms with van der Waals surface area (Å²) in [6, 6.07) is 15.6. The number of carbonyl (C=O) groups is 1. The van der Waals surface area contributed by atoms with Gasteiger partial charge in [0.1, 0.15) is 5.69 Å². The largest absolute Gasteiger partial charge is 0.312 e. The topological polar surface area (TPSA) is 82.2 Å². The highest BCUT2D eigenvalue weighted by atomic mass is 16.2. The van der Waals surface area contributed by atoms with E-state index < -0.39 is 0 Å². The van der Waals surface area contributed by atoms with Crippen molar-refractivity contribution in [1.82, 2.24) is 19.9 Å². The van der Waals surface area contributed by atoms with Crippen LogP contribution in [0, 0.1) is 0 Å². The van der Waals surface area contributed by atoms with Gasteiger partial charge in [-0.05, 0) is 55.6 Å². The number of rotatable bonds is 5. The van der Waals surface area contributed by atoms with Crippen LogP contribution in [0.25, 0.3) is 11.5 Å². The summed E-state index contributed by atoms with van der Waals surface area (Å²) in [5.41, 5.74) is 3.59. The molecular formula is C25H27N5O2. The van der Waals surface area contributed by atoms with Crippen LogP contribution in [-0.4, -0.2) is 45.4 Å².